The fourth-order valence-corrected chi connectivity index (χ4v) is 2.85. The van der Waals surface area contributed by atoms with Gasteiger partial charge in [-0.05, 0) is 12.8 Å². The quantitative estimate of drug-likeness (QED) is 0.879. The number of rotatable bonds is 2. The van der Waals surface area contributed by atoms with Gasteiger partial charge in [0.05, 0.1) is 6.20 Å². The van der Waals surface area contributed by atoms with E-state index in [-0.39, 0.29) is 12.1 Å². The summed E-state index contributed by atoms with van der Waals surface area (Å²) in [7, 11) is 1.54. The third-order valence-corrected chi connectivity index (χ3v) is 4.20. The lowest BCUT2D eigenvalue weighted by atomic mass is 10.1. The Kier molecular flexibility index (Phi) is 4.36. The van der Waals surface area contributed by atoms with Gasteiger partial charge in [-0.1, -0.05) is 11.3 Å². The lowest BCUT2D eigenvalue weighted by Gasteiger charge is -2.32. The maximum absolute atomic E-state index is 12.5. The van der Waals surface area contributed by atoms with Crippen molar-refractivity contribution in [1.29, 1.82) is 0 Å². The smallest absolute Gasteiger partial charge is 0.348 e. The average Bonchev–Trinajstić information content (AvgIpc) is 2.89. The Balaban J connectivity index is 1.91. The van der Waals surface area contributed by atoms with Crippen LogP contribution in [0.5, 0.6) is 0 Å². The molecule has 1 aliphatic heterocycles. The van der Waals surface area contributed by atoms with Crippen molar-refractivity contribution < 1.29 is 18.0 Å². The summed E-state index contributed by atoms with van der Waals surface area (Å²) in [6.45, 7) is 1.17. The predicted molar refractivity (Wildman–Crippen MR) is 69.9 cm³/mol. The zero-order chi connectivity index (χ0) is 14.8. The highest BCUT2D eigenvalue weighted by Gasteiger charge is 2.34. The third-order valence-electron chi connectivity index (χ3n) is 3.10. The first-order chi connectivity index (χ1) is 9.40. The number of urea groups is 1. The van der Waals surface area contributed by atoms with Gasteiger partial charge in [-0.2, -0.15) is 13.2 Å². The molecule has 0 saturated carbocycles. The highest BCUT2D eigenvalue weighted by atomic mass is 32.1. The van der Waals surface area contributed by atoms with Crippen molar-refractivity contribution in [2.75, 3.05) is 25.0 Å². The molecule has 2 amide bonds. The van der Waals surface area contributed by atoms with Crippen molar-refractivity contribution in [3.63, 3.8) is 0 Å². The molecule has 1 fully saturated rings. The van der Waals surface area contributed by atoms with Crippen molar-refractivity contribution in [2.45, 2.75) is 25.1 Å². The van der Waals surface area contributed by atoms with Gasteiger partial charge in [0, 0.05) is 26.2 Å². The van der Waals surface area contributed by atoms with E-state index in [1.54, 1.807) is 7.05 Å². The van der Waals surface area contributed by atoms with E-state index in [9.17, 15) is 18.0 Å². The number of carbonyl (C=O) groups is 1. The number of anilines is 1. The fourth-order valence-electron chi connectivity index (χ4n) is 2.01. The van der Waals surface area contributed by atoms with E-state index in [4.69, 9.17) is 0 Å². The van der Waals surface area contributed by atoms with Gasteiger partial charge in [0.2, 0.25) is 0 Å². The van der Waals surface area contributed by atoms with E-state index >= 15 is 0 Å². The molecule has 1 saturated heterocycles. The van der Waals surface area contributed by atoms with Gasteiger partial charge in [-0.25, -0.2) is 9.78 Å². The average molecular weight is 308 g/mol. The molecule has 2 N–H and O–H groups in total. The molecule has 2 rings (SSSR count). The number of amides is 2. The molecule has 1 aromatic rings. The molecule has 1 aliphatic rings. The first-order valence-corrected chi connectivity index (χ1v) is 6.98. The Bertz CT molecular complexity index is 468. The molecule has 5 nitrogen and oxygen atoms in total. The number of thiazole rings is 1. The minimum absolute atomic E-state index is 0.0493. The molecule has 0 aliphatic carbocycles. The molecule has 112 valence electrons. The molecular formula is C11H15F3N4OS. The SMILES string of the molecule is CNC(=O)NC1CCN(c2ncc(C(F)(F)F)s2)CC1. The van der Waals surface area contributed by atoms with E-state index in [0.717, 1.165) is 6.20 Å². The summed E-state index contributed by atoms with van der Waals surface area (Å²) in [4.78, 5) is 16.1. The van der Waals surface area contributed by atoms with Gasteiger partial charge in [0.1, 0.15) is 4.88 Å². The maximum Gasteiger partial charge on any atom is 0.427 e. The Morgan fingerprint density at radius 2 is 2.10 bits per heavy atom. The number of aromatic nitrogens is 1. The van der Waals surface area contributed by atoms with Crippen LogP contribution in [-0.2, 0) is 6.18 Å². The number of hydrogen-bond donors (Lipinski definition) is 2. The summed E-state index contributed by atoms with van der Waals surface area (Å²) in [5.74, 6) is 0. The minimum atomic E-state index is -4.34. The topological polar surface area (TPSA) is 57.3 Å². The zero-order valence-electron chi connectivity index (χ0n) is 10.8. The molecule has 0 unspecified atom stereocenters. The van der Waals surface area contributed by atoms with Crippen LogP contribution in [0.15, 0.2) is 6.20 Å². The van der Waals surface area contributed by atoms with Crippen LogP contribution in [0.4, 0.5) is 23.1 Å². The molecule has 20 heavy (non-hydrogen) atoms. The number of nitrogens with zero attached hydrogens (tertiary/aromatic N) is 2. The standard InChI is InChI=1S/C11H15F3N4OS/c1-15-9(19)17-7-2-4-18(5-3-7)10-16-6-8(20-10)11(12,13)14/h6-7H,2-5H2,1H3,(H2,15,17,19). The van der Waals surface area contributed by atoms with E-state index in [1.807, 2.05) is 4.90 Å². The second kappa shape index (κ2) is 5.86. The highest BCUT2D eigenvalue weighted by Crippen LogP contribution is 2.36. The number of alkyl halides is 3. The normalized spacial score (nSPS) is 17.1. The van der Waals surface area contributed by atoms with Crippen LogP contribution in [-0.4, -0.2) is 37.2 Å². The first-order valence-electron chi connectivity index (χ1n) is 6.16. The number of halogens is 3. The monoisotopic (exact) mass is 308 g/mol. The second-order valence-electron chi connectivity index (χ2n) is 4.49. The van der Waals surface area contributed by atoms with Crippen molar-refractivity contribution in [1.82, 2.24) is 15.6 Å². The van der Waals surface area contributed by atoms with Gasteiger partial charge >= 0.3 is 12.2 Å². The van der Waals surface area contributed by atoms with Crippen molar-refractivity contribution in [3.05, 3.63) is 11.1 Å². The van der Waals surface area contributed by atoms with E-state index in [1.165, 1.54) is 0 Å². The lowest BCUT2D eigenvalue weighted by Crippen LogP contribution is -2.47. The highest BCUT2D eigenvalue weighted by molar-refractivity contribution is 7.15. The van der Waals surface area contributed by atoms with Crippen LogP contribution in [0.3, 0.4) is 0 Å². The maximum atomic E-state index is 12.5. The van der Waals surface area contributed by atoms with Gasteiger partial charge in [-0.3, -0.25) is 0 Å². The summed E-state index contributed by atoms with van der Waals surface area (Å²) in [5, 5.41) is 5.66. The van der Waals surface area contributed by atoms with Crippen LogP contribution in [0.25, 0.3) is 0 Å². The van der Waals surface area contributed by atoms with Crippen molar-refractivity contribution >= 4 is 22.5 Å². The van der Waals surface area contributed by atoms with Crippen LogP contribution in [0.1, 0.15) is 17.7 Å². The second-order valence-corrected chi connectivity index (χ2v) is 5.50. The van der Waals surface area contributed by atoms with E-state index in [2.05, 4.69) is 15.6 Å². The minimum Gasteiger partial charge on any atom is -0.348 e. The molecule has 0 aromatic carbocycles. The molecule has 0 atom stereocenters. The summed E-state index contributed by atoms with van der Waals surface area (Å²) < 4.78 is 37.5. The van der Waals surface area contributed by atoms with Crippen LogP contribution in [0, 0.1) is 0 Å². The molecule has 0 spiro atoms. The molecule has 2 heterocycles. The fraction of sp³-hybridized carbons (Fsp3) is 0.636. The van der Waals surface area contributed by atoms with Crippen LogP contribution >= 0.6 is 11.3 Å². The van der Waals surface area contributed by atoms with Crippen molar-refractivity contribution in [2.24, 2.45) is 0 Å². The van der Waals surface area contributed by atoms with E-state index < -0.39 is 11.1 Å². The predicted octanol–water partition coefficient (Wildman–Crippen LogP) is 2.06. The van der Waals surface area contributed by atoms with Gasteiger partial charge in [-0.15, -0.1) is 0 Å². The van der Waals surface area contributed by atoms with Gasteiger partial charge < -0.3 is 15.5 Å². The Morgan fingerprint density at radius 3 is 2.60 bits per heavy atom. The Morgan fingerprint density at radius 1 is 1.45 bits per heavy atom. The Hall–Kier alpha value is -1.51. The van der Waals surface area contributed by atoms with Crippen LogP contribution < -0.4 is 15.5 Å². The molecular weight excluding hydrogens is 293 g/mol. The summed E-state index contributed by atoms with van der Waals surface area (Å²) in [5.41, 5.74) is 0. The Labute approximate surface area is 118 Å². The number of hydrogen-bond acceptors (Lipinski definition) is 4. The number of nitrogens with one attached hydrogen (secondary N) is 2. The number of piperidine rings is 1. The summed E-state index contributed by atoms with van der Waals surface area (Å²) >= 11 is 0.656. The van der Waals surface area contributed by atoms with E-state index in [0.29, 0.717) is 42.4 Å². The van der Waals surface area contributed by atoms with Crippen molar-refractivity contribution in [3.8, 4) is 0 Å². The molecule has 0 bridgehead atoms. The molecule has 1 aromatic heterocycles. The first kappa shape index (κ1) is 14.9. The molecule has 9 heteroatoms. The lowest BCUT2D eigenvalue weighted by molar-refractivity contribution is -0.134. The van der Waals surface area contributed by atoms with Crippen LogP contribution in [0.2, 0.25) is 0 Å². The largest absolute Gasteiger partial charge is 0.427 e. The summed E-state index contributed by atoms with van der Waals surface area (Å²) in [6, 6.07) is -0.190. The third kappa shape index (κ3) is 3.53. The molecule has 0 radical (unpaired) electrons. The zero-order valence-corrected chi connectivity index (χ0v) is 11.6. The van der Waals surface area contributed by atoms with Gasteiger partial charge in [0.15, 0.2) is 5.13 Å². The summed E-state index contributed by atoms with van der Waals surface area (Å²) in [6.07, 6.45) is -2.09. The number of carbonyl (C=O) groups excluding carboxylic acids is 1. The van der Waals surface area contributed by atoms with Gasteiger partial charge in [0.25, 0.3) is 0 Å².